The number of benzene rings is 2. The Bertz CT molecular complexity index is 907. The van der Waals surface area contributed by atoms with E-state index in [1.807, 2.05) is 6.92 Å². The quantitative estimate of drug-likeness (QED) is 0.406. The van der Waals surface area contributed by atoms with Crippen molar-refractivity contribution >= 4 is 21.5 Å². The molecule has 0 bridgehead atoms. The maximum absolute atomic E-state index is 12.8. The third-order valence-electron chi connectivity index (χ3n) is 4.43. The molecule has 0 amide bonds. The lowest BCUT2D eigenvalue weighted by atomic mass is 10.1. The minimum absolute atomic E-state index is 0.103. The predicted molar refractivity (Wildman–Crippen MR) is 113 cm³/mol. The fraction of sp³-hybridized carbons (Fsp3) is 0.409. The Labute approximate surface area is 168 Å². The first-order valence-electron chi connectivity index (χ1n) is 9.71. The number of hydrogen-bond donors (Lipinski definition) is 1. The molecule has 28 heavy (non-hydrogen) atoms. The Morgan fingerprint density at radius 2 is 1.79 bits per heavy atom. The molecule has 0 saturated heterocycles. The van der Waals surface area contributed by atoms with E-state index < -0.39 is 10.0 Å². The summed E-state index contributed by atoms with van der Waals surface area (Å²) in [5.41, 5.74) is 1.52. The minimum atomic E-state index is -3.83. The third-order valence-corrected chi connectivity index (χ3v) is 5.79. The highest BCUT2D eigenvalue weighted by atomic mass is 32.2. The number of carbonyl (C=O) groups is 1. The summed E-state index contributed by atoms with van der Waals surface area (Å²) in [6.07, 6.45) is 5.66. The van der Waals surface area contributed by atoms with Gasteiger partial charge in [0.1, 0.15) is 5.75 Å². The molecule has 0 radical (unpaired) electrons. The van der Waals surface area contributed by atoms with Gasteiger partial charge in [-0.1, -0.05) is 50.3 Å². The van der Waals surface area contributed by atoms with Crippen LogP contribution in [0.15, 0.2) is 47.4 Å². The number of hydrogen-bond acceptors (Lipinski definition) is 4. The first-order chi connectivity index (χ1) is 13.3. The summed E-state index contributed by atoms with van der Waals surface area (Å²) in [7, 11) is -3.83. The Hall–Kier alpha value is -2.34. The summed E-state index contributed by atoms with van der Waals surface area (Å²) in [4.78, 5) is 12.0. The van der Waals surface area contributed by atoms with E-state index in [-0.39, 0.29) is 16.4 Å². The van der Waals surface area contributed by atoms with E-state index in [2.05, 4.69) is 11.6 Å². The highest BCUT2D eigenvalue weighted by Gasteiger charge is 2.18. The van der Waals surface area contributed by atoms with Crippen molar-refractivity contribution in [1.82, 2.24) is 0 Å². The minimum Gasteiger partial charge on any atom is -0.494 e. The molecule has 0 aliphatic rings. The van der Waals surface area contributed by atoms with Crippen LogP contribution in [0.1, 0.15) is 61.9 Å². The van der Waals surface area contributed by atoms with Crippen molar-refractivity contribution in [2.24, 2.45) is 0 Å². The normalized spacial score (nSPS) is 11.2. The maximum atomic E-state index is 12.8. The van der Waals surface area contributed by atoms with Crippen LogP contribution < -0.4 is 9.46 Å². The van der Waals surface area contributed by atoms with Crippen LogP contribution in [0.5, 0.6) is 5.75 Å². The average molecular weight is 404 g/mol. The average Bonchev–Trinajstić information content (AvgIpc) is 2.66. The second kappa shape index (κ2) is 10.3. The molecule has 0 aliphatic heterocycles. The molecule has 2 rings (SSSR count). The first kappa shape index (κ1) is 22.0. The van der Waals surface area contributed by atoms with Gasteiger partial charge in [-0.3, -0.25) is 9.52 Å². The lowest BCUT2D eigenvalue weighted by Crippen LogP contribution is -2.15. The molecule has 0 spiro atoms. The number of Topliss-reactive ketones (excluding diaryl/α,β-unsaturated/α-hetero) is 1. The molecule has 152 valence electrons. The van der Waals surface area contributed by atoms with E-state index in [4.69, 9.17) is 4.74 Å². The van der Waals surface area contributed by atoms with E-state index in [1.54, 1.807) is 30.3 Å². The number of sulfonamides is 1. The molecule has 0 heterocycles. The van der Waals surface area contributed by atoms with Crippen LogP contribution in [-0.2, 0) is 10.0 Å². The van der Waals surface area contributed by atoms with Crippen LogP contribution in [-0.4, -0.2) is 20.8 Å². The first-order valence-corrected chi connectivity index (χ1v) is 11.2. The van der Waals surface area contributed by atoms with E-state index in [0.717, 1.165) is 18.4 Å². The van der Waals surface area contributed by atoms with Crippen LogP contribution in [0.3, 0.4) is 0 Å². The summed E-state index contributed by atoms with van der Waals surface area (Å²) in [5.74, 6) is 0.329. The number of nitrogens with one attached hydrogen (secondary N) is 1. The molecule has 2 aromatic rings. The van der Waals surface area contributed by atoms with Crippen molar-refractivity contribution in [3.63, 3.8) is 0 Å². The van der Waals surface area contributed by atoms with Gasteiger partial charge in [0.05, 0.1) is 17.2 Å². The Morgan fingerprint density at radius 1 is 1.04 bits per heavy atom. The Morgan fingerprint density at radius 3 is 2.50 bits per heavy atom. The zero-order chi connectivity index (χ0) is 20.6. The highest BCUT2D eigenvalue weighted by Crippen LogP contribution is 2.24. The van der Waals surface area contributed by atoms with Gasteiger partial charge in [-0.05, 0) is 44.5 Å². The van der Waals surface area contributed by atoms with Crippen molar-refractivity contribution in [2.45, 2.75) is 57.8 Å². The van der Waals surface area contributed by atoms with Crippen LogP contribution in [0.4, 0.5) is 5.69 Å². The molecule has 0 aliphatic carbocycles. The molecule has 0 atom stereocenters. The van der Waals surface area contributed by atoms with Gasteiger partial charge in [0.2, 0.25) is 0 Å². The van der Waals surface area contributed by atoms with Crippen molar-refractivity contribution in [3.05, 3.63) is 53.6 Å². The summed E-state index contributed by atoms with van der Waals surface area (Å²) in [5, 5.41) is 0. The smallest absolute Gasteiger partial charge is 0.262 e. The molecule has 5 nitrogen and oxygen atoms in total. The zero-order valence-corrected chi connectivity index (χ0v) is 17.6. The number of rotatable bonds is 11. The molecule has 0 aromatic heterocycles. The summed E-state index contributed by atoms with van der Waals surface area (Å²) >= 11 is 0. The zero-order valence-electron chi connectivity index (χ0n) is 16.8. The van der Waals surface area contributed by atoms with E-state index in [1.165, 1.54) is 38.3 Å². The standard InChI is InChI=1S/C22H29NO4S/c1-4-5-6-7-8-14-27-19-10-9-11-20(16-19)28(25,26)23-22-13-12-17(2)15-21(22)18(3)24/h9-13,15-16,23H,4-8,14H2,1-3H3. The van der Waals surface area contributed by atoms with Crippen molar-refractivity contribution in [1.29, 1.82) is 0 Å². The van der Waals surface area contributed by atoms with Gasteiger partial charge in [0.15, 0.2) is 5.78 Å². The highest BCUT2D eigenvalue weighted by molar-refractivity contribution is 7.92. The Kier molecular flexibility index (Phi) is 8.05. The SMILES string of the molecule is CCCCCCCOc1cccc(S(=O)(=O)Nc2ccc(C)cc2C(C)=O)c1. The van der Waals surface area contributed by atoms with Gasteiger partial charge in [-0.25, -0.2) is 8.42 Å². The molecule has 2 aromatic carbocycles. The molecule has 1 N–H and O–H groups in total. The second-order valence-electron chi connectivity index (χ2n) is 6.95. The van der Waals surface area contributed by atoms with E-state index in [0.29, 0.717) is 17.9 Å². The van der Waals surface area contributed by atoms with Gasteiger partial charge >= 0.3 is 0 Å². The van der Waals surface area contributed by atoms with Gasteiger partial charge in [-0.2, -0.15) is 0 Å². The van der Waals surface area contributed by atoms with E-state index >= 15 is 0 Å². The van der Waals surface area contributed by atoms with Crippen LogP contribution in [0.25, 0.3) is 0 Å². The monoisotopic (exact) mass is 403 g/mol. The number of carbonyl (C=O) groups excluding carboxylic acids is 1. The number of ketones is 1. The van der Waals surface area contributed by atoms with Crippen molar-refractivity contribution < 1.29 is 17.9 Å². The van der Waals surface area contributed by atoms with Crippen LogP contribution >= 0.6 is 0 Å². The molecule has 0 fully saturated rings. The van der Waals surface area contributed by atoms with E-state index in [9.17, 15) is 13.2 Å². The fourth-order valence-electron chi connectivity index (χ4n) is 2.87. The molecule has 6 heteroatoms. The third kappa shape index (κ3) is 6.37. The predicted octanol–water partition coefficient (Wildman–Crippen LogP) is 5.35. The fourth-order valence-corrected chi connectivity index (χ4v) is 3.98. The van der Waals surface area contributed by atoms with Gasteiger partial charge < -0.3 is 4.74 Å². The second-order valence-corrected chi connectivity index (χ2v) is 8.63. The van der Waals surface area contributed by atoms with Gasteiger partial charge in [0.25, 0.3) is 10.0 Å². The number of ether oxygens (including phenoxy) is 1. The van der Waals surface area contributed by atoms with Crippen LogP contribution in [0.2, 0.25) is 0 Å². The van der Waals surface area contributed by atoms with Crippen LogP contribution in [0, 0.1) is 6.92 Å². The summed E-state index contributed by atoms with van der Waals surface area (Å²) in [6.45, 7) is 6.01. The maximum Gasteiger partial charge on any atom is 0.262 e. The van der Waals surface area contributed by atoms with Gasteiger partial charge in [-0.15, -0.1) is 0 Å². The largest absolute Gasteiger partial charge is 0.494 e. The Balaban J connectivity index is 2.09. The molecule has 0 unspecified atom stereocenters. The lowest BCUT2D eigenvalue weighted by Gasteiger charge is -2.13. The topological polar surface area (TPSA) is 72.5 Å². The summed E-state index contributed by atoms with van der Waals surface area (Å²) in [6, 6.07) is 11.5. The van der Waals surface area contributed by atoms with Gasteiger partial charge in [0, 0.05) is 11.6 Å². The molecular formula is C22H29NO4S. The summed E-state index contributed by atoms with van der Waals surface area (Å²) < 4.78 is 33.8. The lowest BCUT2D eigenvalue weighted by molar-refractivity contribution is 0.101. The molecular weight excluding hydrogens is 374 g/mol. The molecule has 0 saturated carbocycles. The number of aryl methyl sites for hydroxylation is 1. The van der Waals surface area contributed by atoms with Crippen molar-refractivity contribution in [3.8, 4) is 5.75 Å². The van der Waals surface area contributed by atoms with Crippen molar-refractivity contribution in [2.75, 3.05) is 11.3 Å². The number of anilines is 1. The number of unbranched alkanes of at least 4 members (excludes halogenated alkanes) is 4.